The summed E-state index contributed by atoms with van der Waals surface area (Å²) in [5.41, 5.74) is 1.23. The van der Waals surface area contributed by atoms with Crippen LogP contribution in [0.15, 0.2) is 18.2 Å². The van der Waals surface area contributed by atoms with Gasteiger partial charge in [0.2, 0.25) is 5.91 Å². The van der Waals surface area contributed by atoms with Gasteiger partial charge >= 0.3 is 5.97 Å². The molecular weight excluding hydrogens is 270 g/mol. The molecule has 112 valence electrons. The van der Waals surface area contributed by atoms with E-state index in [1.807, 2.05) is 13.8 Å². The maximum atomic E-state index is 12.0. The van der Waals surface area contributed by atoms with Gasteiger partial charge in [-0.25, -0.2) is 9.78 Å². The number of hydrogen-bond donors (Lipinski definition) is 2. The molecular formula is C15H19N3O3. The number of hydrogen-bond acceptors (Lipinski definition) is 3. The zero-order chi connectivity index (χ0) is 15.6. The lowest BCUT2D eigenvalue weighted by atomic mass is 10.2. The maximum Gasteiger partial charge on any atom is 0.337 e. The minimum absolute atomic E-state index is 0.0688. The molecule has 0 saturated carbocycles. The van der Waals surface area contributed by atoms with Crippen LogP contribution in [0.25, 0.3) is 11.0 Å². The molecule has 6 nitrogen and oxygen atoms in total. The van der Waals surface area contributed by atoms with Crippen LogP contribution in [0.4, 0.5) is 0 Å². The van der Waals surface area contributed by atoms with E-state index in [0.717, 1.165) is 0 Å². The minimum Gasteiger partial charge on any atom is -0.478 e. The zero-order valence-electron chi connectivity index (χ0n) is 12.4. The van der Waals surface area contributed by atoms with Crippen LogP contribution in [-0.4, -0.2) is 33.1 Å². The summed E-state index contributed by atoms with van der Waals surface area (Å²) in [6.45, 7) is 6.46. The number of amides is 1. The summed E-state index contributed by atoms with van der Waals surface area (Å²) in [5, 5.41) is 12.1. The SMILES string of the molecule is Cc1nc2cccc(C(=O)O)c2n1CC(=O)NCC(C)C. The predicted octanol–water partition coefficient (Wildman–Crippen LogP) is 1.82. The summed E-state index contributed by atoms with van der Waals surface area (Å²) in [6, 6.07) is 4.92. The molecule has 0 aliphatic heterocycles. The standard InChI is InChI=1S/C15H19N3O3/c1-9(2)7-16-13(19)8-18-10(3)17-12-6-4-5-11(14(12)18)15(20)21/h4-6,9H,7-8H2,1-3H3,(H,16,19)(H,20,21). The molecule has 2 aromatic rings. The number of aryl methyl sites for hydroxylation is 1. The third-order valence-corrected chi connectivity index (χ3v) is 3.20. The van der Waals surface area contributed by atoms with E-state index in [-0.39, 0.29) is 18.0 Å². The van der Waals surface area contributed by atoms with Crippen LogP contribution in [0, 0.1) is 12.8 Å². The number of nitrogens with zero attached hydrogens (tertiary/aromatic N) is 2. The van der Waals surface area contributed by atoms with Crippen molar-refractivity contribution in [3.05, 3.63) is 29.6 Å². The third kappa shape index (κ3) is 3.21. The molecule has 0 aliphatic carbocycles. The van der Waals surface area contributed by atoms with E-state index in [1.165, 1.54) is 6.07 Å². The molecule has 1 aromatic carbocycles. The largest absolute Gasteiger partial charge is 0.478 e. The molecule has 1 amide bonds. The third-order valence-electron chi connectivity index (χ3n) is 3.20. The summed E-state index contributed by atoms with van der Waals surface area (Å²) >= 11 is 0. The van der Waals surface area contributed by atoms with Crippen molar-refractivity contribution in [1.82, 2.24) is 14.9 Å². The second-order valence-corrected chi connectivity index (χ2v) is 5.42. The van der Waals surface area contributed by atoms with E-state index < -0.39 is 5.97 Å². The van der Waals surface area contributed by atoms with E-state index >= 15 is 0 Å². The molecule has 0 aliphatic rings. The van der Waals surface area contributed by atoms with Gasteiger partial charge < -0.3 is 15.0 Å². The van der Waals surface area contributed by atoms with E-state index in [1.54, 1.807) is 23.6 Å². The Labute approximate surface area is 122 Å². The first-order chi connectivity index (χ1) is 9.90. The first-order valence-electron chi connectivity index (χ1n) is 6.86. The van der Waals surface area contributed by atoms with Crippen LogP contribution >= 0.6 is 0 Å². The molecule has 0 fully saturated rings. The van der Waals surface area contributed by atoms with Crippen LogP contribution < -0.4 is 5.32 Å². The summed E-state index contributed by atoms with van der Waals surface area (Å²) in [6.07, 6.45) is 0. The molecule has 1 heterocycles. The first kappa shape index (κ1) is 15.0. The molecule has 0 atom stereocenters. The molecule has 0 saturated heterocycles. The number of fused-ring (bicyclic) bond motifs is 1. The lowest BCUT2D eigenvalue weighted by Gasteiger charge is -2.10. The highest BCUT2D eigenvalue weighted by atomic mass is 16.4. The highest BCUT2D eigenvalue weighted by Gasteiger charge is 2.17. The van der Waals surface area contributed by atoms with Gasteiger partial charge in [-0.05, 0) is 25.0 Å². The van der Waals surface area contributed by atoms with Gasteiger partial charge in [-0.2, -0.15) is 0 Å². The number of carbonyl (C=O) groups is 2. The van der Waals surface area contributed by atoms with Crippen molar-refractivity contribution < 1.29 is 14.7 Å². The second-order valence-electron chi connectivity index (χ2n) is 5.42. The Kier molecular flexibility index (Phi) is 4.26. The Balaban J connectivity index is 2.37. The molecule has 2 rings (SSSR count). The minimum atomic E-state index is -1.02. The summed E-state index contributed by atoms with van der Waals surface area (Å²) < 4.78 is 1.65. The number of carboxylic acid groups (broad SMARTS) is 1. The van der Waals surface area contributed by atoms with E-state index in [2.05, 4.69) is 10.3 Å². The van der Waals surface area contributed by atoms with Gasteiger partial charge in [-0.1, -0.05) is 19.9 Å². The lowest BCUT2D eigenvalue weighted by Crippen LogP contribution is -2.31. The summed E-state index contributed by atoms with van der Waals surface area (Å²) in [4.78, 5) is 27.6. The van der Waals surface area contributed by atoms with Gasteiger partial charge in [-0.15, -0.1) is 0 Å². The number of aromatic carboxylic acids is 1. The van der Waals surface area contributed by atoms with Gasteiger partial charge in [0, 0.05) is 6.54 Å². The van der Waals surface area contributed by atoms with Crippen molar-refractivity contribution in [2.75, 3.05) is 6.54 Å². The van der Waals surface area contributed by atoms with E-state index in [0.29, 0.717) is 29.3 Å². The number of rotatable bonds is 5. The van der Waals surface area contributed by atoms with Crippen molar-refractivity contribution in [1.29, 1.82) is 0 Å². The molecule has 21 heavy (non-hydrogen) atoms. The highest BCUT2D eigenvalue weighted by molar-refractivity contribution is 6.01. The fraction of sp³-hybridized carbons (Fsp3) is 0.400. The quantitative estimate of drug-likeness (QED) is 0.879. The Morgan fingerprint density at radius 1 is 1.38 bits per heavy atom. The van der Waals surface area contributed by atoms with Gasteiger partial charge in [0.25, 0.3) is 0 Å². The van der Waals surface area contributed by atoms with Gasteiger partial charge in [-0.3, -0.25) is 4.79 Å². The Bertz CT molecular complexity index is 689. The van der Waals surface area contributed by atoms with Crippen LogP contribution in [0.1, 0.15) is 30.0 Å². The van der Waals surface area contributed by atoms with Crippen molar-refractivity contribution >= 4 is 22.9 Å². The van der Waals surface area contributed by atoms with Crippen LogP contribution in [0.5, 0.6) is 0 Å². The molecule has 0 radical (unpaired) electrons. The van der Waals surface area contributed by atoms with Gasteiger partial charge in [0.1, 0.15) is 12.4 Å². The van der Waals surface area contributed by atoms with Gasteiger partial charge in [0.05, 0.1) is 16.6 Å². The number of carbonyl (C=O) groups excluding carboxylic acids is 1. The number of benzene rings is 1. The fourth-order valence-electron chi connectivity index (χ4n) is 2.19. The number of nitrogens with one attached hydrogen (secondary N) is 1. The summed E-state index contributed by atoms with van der Waals surface area (Å²) in [7, 11) is 0. The molecule has 1 aromatic heterocycles. The summed E-state index contributed by atoms with van der Waals surface area (Å²) in [5.74, 6) is -0.182. The highest BCUT2D eigenvalue weighted by Crippen LogP contribution is 2.20. The molecule has 0 unspecified atom stereocenters. The van der Waals surface area contributed by atoms with Crippen LogP contribution in [-0.2, 0) is 11.3 Å². The lowest BCUT2D eigenvalue weighted by molar-refractivity contribution is -0.121. The van der Waals surface area contributed by atoms with Crippen LogP contribution in [0.3, 0.4) is 0 Å². The van der Waals surface area contributed by atoms with Crippen molar-refractivity contribution in [3.63, 3.8) is 0 Å². The monoisotopic (exact) mass is 289 g/mol. The van der Waals surface area contributed by atoms with Crippen molar-refractivity contribution in [2.45, 2.75) is 27.3 Å². The smallest absolute Gasteiger partial charge is 0.337 e. The Morgan fingerprint density at radius 2 is 2.10 bits per heavy atom. The number of carboxylic acids is 1. The van der Waals surface area contributed by atoms with Crippen LogP contribution in [0.2, 0.25) is 0 Å². The van der Waals surface area contributed by atoms with Crippen molar-refractivity contribution in [2.24, 2.45) is 5.92 Å². The molecule has 2 N–H and O–H groups in total. The average molecular weight is 289 g/mol. The zero-order valence-corrected chi connectivity index (χ0v) is 12.4. The predicted molar refractivity (Wildman–Crippen MR) is 79.3 cm³/mol. The maximum absolute atomic E-state index is 12.0. The second kappa shape index (κ2) is 5.95. The van der Waals surface area contributed by atoms with Gasteiger partial charge in [0.15, 0.2) is 0 Å². The topological polar surface area (TPSA) is 84.2 Å². The van der Waals surface area contributed by atoms with E-state index in [4.69, 9.17) is 0 Å². The Morgan fingerprint density at radius 3 is 2.71 bits per heavy atom. The normalized spacial score (nSPS) is 11.0. The molecule has 0 spiro atoms. The average Bonchev–Trinajstić information content (AvgIpc) is 2.72. The van der Waals surface area contributed by atoms with E-state index in [9.17, 15) is 14.7 Å². The molecule has 6 heteroatoms. The first-order valence-corrected chi connectivity index (χ1v) is 6.86. The molecule has 0 bridgehead atoms. The number of aromatic nitrogens is 2. The fourth-order valence-corrected chi connectivity index (χ4v) is 2.19. The number of para-hydroxylation sites is 1. The Hall–Kier alpha value is -2.37. The number of imidazole rings is 1. The van der Waals surface area contributed by atoms with Crippen molar-refractivity contribution in [3.8, 4) is 0 Å².